The Morgan fingerprint density at radius 3 is 2.55 bits per heavy atom. The summed E-state index contributed by atoms with van der Waals surface area (Å²) in [6, 6.07) is 11.3. The fraction of sp³-hybridized carbons (Fsp3) is 0.348. The highest BCUT2D eigenvalue weighted by Crippen LogP contribution is 2.48. The highest BCUT2D eigenvalue weighted by atomic mass is 16.6. The van der Waals surface area contributed by atoms with E-state index in [9.17, 15) is 24.5 Å². The first-order chi connectivity index (χ1) is 15.7. The van der Waals surface area contributed by atoms with Crippen LogP contribution in [0.25, 0.3) is 0 Å². The molecule has 1 N–H and O–H groups in total. The van der Waals surface area contributed by atoms with E-state index in [1.165, 1.54) is 12.1 Å². The summed E-state index contributed by atoms with van der Waals surface area (Å²) in [4.78, 5) is 54.1. The summed E-state index contributed by atoms with van der Waals surface area (Å²) in [6.45, 7) is 4.08. The molecule has 2 saturated heterocycles. The number of imide groups is 2. The Morgan fingerprint density at radius 2 is 1.85 bits per heavy atom. The number of nitrogens with one attached hydrogen (secondary N) is 1. The number of morpholine rings is 1. The van der Waals surface area contributed by atoms with Gasteiger partial charge in [0.25, 0.3) is 11.6 Å². The molecule has 0 aromatic heterocycles. The molecule has 1 spiro atoms. The molecule has 0 bridgehead atoms. The number of barbiturate groups is 1. The SMILES string of the molecule is C[C@H]1CN2c3ccc([N+](=O)[O-])cc3C[C@]3(C(=O)NC(=O)N(c4ccccc4)C3=O)[C@@H]2[C@@H](C)O1. The fourth-order valence-electron chi connectivity index (χ4n) is 5.44. The van der Waals surface area contributed by atoms with Gasteiger partial charge in [-0.3, -0.25) is 25.0 Å². The summed E-state index contributed by atoms with van der Waals surface area (Å²) in [7, 11) is 0. The van der Waals surface area contributed by atoms with Crippen LogP contribution in [0, 0.1) is 15.5 Å². The van der Waals surface area contributed by atoms with Gasteiger partial charge in [0.05, 0.1) is 28.9 Å². The van der Waals surface area contributed by atoms with Crippen molar-refractivity contribution in [3.05, 3.63) is 64.2 Å². The molecule has 2 fully saturated rings. The zero-order valence-corrected chi connectivity index (χ0v) is 18.1. The zero-order valence-electron chi connectivity index (χ0n) is 18.1. The van der Waals surface area contributed by atoms with Crippen LogP contribution in [-0.4, -0.2) is 47.6 Å². The Kier molecular flexibility index (Phi) is 4.71. The molecular formula is C23H22N4O6. The first-order valence-corrected chi connectivity index (χ1v) is 10.7. The lowest BCUT2D eigenvalue weighted by molar-refractivity contribution is -0.384. The van der Waals surface area contributed by atoms with Crippen LogP contribution < -0.4 is 15.1 Å². The van der Waals surface area contributed by atoms with Gasteiger partial charge in [-0.2, -0.15) is 0 Å². The number of fused-ring (bicyclic) bond motifs is 4. The van der Waals surface area contributed by atoms with Crippen molar-refractivity contribution in [2.45, 2.75) is 38.5 Å². The van der Waals surface area contributed by atoms with E-state index in [0.29, 0.717) is 17.8 Å². The van der Waals surface area contributed by atoms with Gasteiger partial charge in [0, 0.05) is 30.8 Å². The molecule has 4 amide bonds. The van der Waals surface area contributed by atoms with Crippen LogP contribution in [0.15, 0.2) is 48.5 Å². The van der Waals surface area contributed by atoms with E-state index in [4.69, 9.17) is 4.74 Å². The highest BCUT2D eigenvalue weighted by Gasteiger charge is 2.65. The van der Waals surface area contributed by atoms with Crippen molar-refractivity contribution in [2.24, 2.45) is 5.41 Å². The molecule has 4 atom stereocenters. The van der Waals surface area contributed by atoms with E-state index in [1.54, 1.807) is 43.3 Å². The predicted molar refractivity (Wildman–Crippen MR) is 118 cm³/mol. The van der Waals surface area contributed by atoms with Crippen LogP contribution in [0.4, 0.5) is 21.9 Å². The van der Waals surface area contributed by atoms with Crippen molar-refractivity contribution in [2.75, 3.05) is 16.3 Å². The molecule has 10 nitrogen and oxygen atoms in total. The van der Waals surface area contributed by atoms with Crippen molar-refractivity contribution >= 4 is 34.9 Å². The summed E-state index contributed by atoms with van der Waals surface area (Å²) in [6.07, 6.45) is -0.796. The van der Waals surface area contributed by atoms with E-state index in [0.717, 1.165) is 10.6 Å². The first-order valence-electron chi connectivity index (χ1n) is 10.7. The summed E-state index contributed by atoms with van der Waals surface area (Å²) >= 11 is 0. The van der Waals surface area contributed by atoms with Gasteiger partial charge in [-0.05, 0) is 37.6 Å². The van der Waals surface area contributed by atoms with Crippen molar-refractivity contribution in [1.29, 1.82) is 0 Å². The number of nitro groups is 1. The molecule has 2 aromatic carbocycles. The molecule has 3 aliphatic heterocycles. The molecular weight excluding hydrogens is 428 g/mol. The third-order valence-corrected chi connectivity index (χ3v) is 6.67. The minimum absolute atomic E-state index is 0.0887. The van der Waals surface area contributed by atoms with Gasteiger partial charge < -0.3 is 9.64 Å². The van der Waals surface area contributed by atoms with Gasteiger partial charge in [0.2, 0.25) is 5.91 Å². The molecule has 0 unspecified atom stereocenters. The van der Waals surface area contributed by atoms with Gasteiger partial charge >= 0.3 is 6.03 Å². The van der Waals surface area contributed by atoms with Gasteiger partial charge in [-0.15, -0.1) is 0 Å². The zero-order chi connectivity index (χ0) is 23.5. The third kappa shape index (κ3) is 3.01. The minimum Gasteiger partial charge on any atom is -0.372 e. The van der Waals surface area contributed by atoms with Gasteiger partial charge in [-0.25, -0.2) is 9.69 Å². The number of ether oxygens (including phenoxy) is 1. The average Bonchev–Trinajstić information content (AvgIpc) is 2.77. The second-order valence-electron chi connectivity index (χ2n) is 8.70. The van der Waals surface area contributed by atoms with Crippen LogP contribution in [0.1, 0.15) is 19.4 Å². The number of para-hydroxylation sites is 1. The minimum atomic E-state index is -1.70. The second kappa shape index (κ2) is 7.38. The van der Waals surface area contributed by atoms with E-state index in [1.807, 2.05) is 11.8 Å². The van der Waals surface area contributed by atoms with Gasteiger partial charge in [0.15, 0.2) is 5.41 Å². The van der Waals surface area contributed by atoms with Crippen molar-refractivity contribution in [3.8, 4) is 0 Å². The maximum atomic E-state index is 14.1. The molecule has 10 heteroatoms. The van der Waals surface area contributed by atoms with Crippen LogP contribution in [-0.2, 0) is 20.7 Å². The normalized spacial score (nSPS) is 28.9. The molecule has 2 aromatic rings. The molecule has 5 rings (SSSR count). The van der Waals surface area contributed by atoms with Crippen molar-refractivity contribution in [1.82, 2.24) is 5.32 Å². The van der Waals surface area contributed by atoms with Crippen LogP contribution in [0.2, 0.25) is 0 Å². The largest absolute Gasteiger partial charge is 0.372 e. The van der Waals surface area contributed by atoms with E-state index < -0.39 is 40.3 Å². The Bertz CT molecular complexity index is 1180. The summed E-state index contributed by atoms with van der Waals surface area (Å²) in [5.41, 5.74) is -0.266. The standard InChI is InChI=1S/C23H22N4O6/c1-13-12-25-18-9-8-17(27(31)32)10-15(18)11-23(19(25)14(2)33-13)20(28)24-22(30)26(21(23)29)16-6-4-3-5-7-16/h3-10,13-14,19H,11-12H2,1-2H3,(H,24,28,30)/t13-,14+,19-,23+/m0/s1. The topological polar surface area (TPSA) is 122 Å². The monoisotopic (exact) mass is 450 g/mol. The number of amides is 4. The maximum Gasteiger partial charge on any atom is 0.335 e. The van der Waals surface area contributed by atoms with Crippen LogP contribution in [0.3, 0.4) is 0 Å². The summed E-state index contributed by atoms with van der Waals surface area (Å²) < 4.78 is 6.04. The van der Waals surface area contributed by atoms with E-state index in [-0.39, 0.29) is 18.2 Å². The average molecular weight is 450 g/mol. The fourth-order valence-corrected chi connectivity index (χ4v) is 5.44. The molecule has 3 heterocycles. The highest BCUT2D eigenvalue weighted by molar-refractivity contribution is 6.30. The smallest absolute Gasteiger partial charge is 0.335 e. The maximum absolute atomic E-state index is 14.1. The van der Waals surface area contributed by atoms with E-state index >= 15 is 0 Å². The first kappa shape index (κ1) is 21.1. The Labute approximate surface area is 189 Å². The van der Waals surface area contributed by atoms with Crippen LogP contribution in [0.5, 0.6) is 0 Å². The number of benzene rings is 2. The van der Waals surface area contributed by atoms with E-state index in [2.05, 4.69) is 5.32 Å². The molecule has 0 aliphatic carbocycles. The number of urea groups is 1. The molecule has 0 radical (unpaired) electrons. The second-order valence-corrected chi connectivity index (χ2v) is 8.70. The quantitative estimate of drug-likeness (QED) is 0.423. The number of hydrogen-bond donors (Lipinski definition) is 1. The number of hydrogen-bond acceptors (Lipinski definition) is 7. The number of carbonyl (C=O) groups excluding carboxylic acids is 3. The lowest BCUT2D eigenvalue weighted by atomic mass is 9.66. The Balaban J connectivity index is 1.71. The molecule has 0 saturated carbocycles. The summed E-state index contributed by atoms with van der Waals surface area (Å²) in [5.74, 6) is -1.39. The lowest BCUT2D eigenvalue weighted by Crippen LogP contribution is -2.76. The molecule has 33 heavy (non-hydrogen) atoms. The van der Waals surface area contributed by atoms with Crippen molar-refractivity contribution in [3.63, 3.8) is 0 Å². The number of carbonyl (C=O) groups is 3. The Morgan fingerprint density at radius 1 is 1.12 bits per heavy atom. The predicted octanol–water partition coefficient (Wildman–Crippen LogP) is 2.40. The molecule has 170 valence electrons. The van der Waals surface area contributed by atoms with Gasteiger partial charge in [0.1, 0.15) is 0 Å². The Hall–Kier alpha value is -3.79. The van der Waals surface area contributed by atoms with Gasteiger partial charge in [-0.1, -0.05) is 18.2 Å². The number of anilines is 2. The number of nitro benzene ring substituents is 1. The van der Waals surface area contributed by atoms with Crippen molar-refractivity contribution < 1.29 is 24.0 Å². The summed E-state index contributed by atoms with van der Waals surface area (Å²) in [5, 5.41) is 13.8. The number of non-ortho nitro benzene ring substituents is 1. The third-order valence-electron chi connectivity index (χ3n) is 6.67. The number of nitrogens with zero attached hydrogens (tertiary/aromatic N) is 3. The molecule has 3 aliphatic rings. The van der Waals surface area contributed by atoms with Crippen LogP contribution >= 0.6 is 0 Å². The lowest BCUT2D eigenvalue weighted by Gasteiger charge is -2.56. The number of rotatable bonds is 2.